The normalized spacial score (nSPS) is 18.7. The number of imidazole rings is 1. The lowest BCUT2D eigenvalue weighted by atomic mass is 9.85. The highest BCUT2D eigenvalue weighted by Crippen LogP contribution is 2.45. The van der Waals surface area contributed by atoms with Crippen LogP contribution in [0.5, 0.6) is 0 Å². The number of halogens is 2. The van der Waals surface area contributed by atoms with Crippen molar-refractivity contribution < 1.29 is 9.90 Å². The molecule has 4 aromatic carbocycles. The molecule has 5 nitrogen and oxygen atoms in total. The number of nitrogens with one attached hydrogen (secondary N) is 1. The second kappa shape index (κ2) is 11.7. The third-order valence-corrected chi connectivity index (χ3v) is 9.49. The van der Waals surface area contributed by atoms with Gasteiger partial charge >= 0.3 is 5.97 Å². The summed E-state index contributed by atoms with van der Waals surface area (Å²) in [6.45, 7) is 0. The Bertz CT molecular complexity index is 1710. The predicted octanol–water partition coefficient (Wildman–Crippen LogP) is 9.69. The Hall–Kier alpha value is -3.80. The first kappa shape index (κ1) is 28.0. The molecule has 7 rings (SSSR count). The second-order valence-corrected chi connectivity index (χ2v) is 12.8. The molecule has 0 bridgehead atoms. The Balaban J connectivity index is 1.20. The van der Waals surface area contributed by atoms with Crippen molar-refractivity contribution in [2.45, 2.75) is 62.4 Å². The molecular formula is C36H33Cl2N3O2. The van der Waals surface area contributed by atoms with Gasteiger partial charge in [0.25, 0.3) is 0 Å². The number of carboxylic acids is 1. The van der Waals surface area contributed by atoms with Gasteiger partial charge in [-0.3, -0.25) is 0 Å². The highest BCUT2D eigenvalue weighted by atomic mass is 35.5. The number of benzene rings is 4. The molecule has 0 radical (unpaired) electrons. The summed E-state index contributed by atoms with van der Waals surface area (Å²) in [5.74, 6) is 0.922. The standard InChI is InChI=1S/C36H33Cl2N3O2/c37-27-10-3-22(4-11-27)34(23-5-12-28(38)13-6-23)26-9-20-32-33(21-26)41(35(40-32)24-1-2-24)31-18-16-30(17-19-31)39-29-14-7-25(8-15-29)36(42)43/h3-15,20-21,24,30-31,34,39H,1-2,16-19H2,(H,42,43)/t30-,31+. The lowest BCUT2D eigenvalue weighted by Gasteiger charge is -2.32. The molecule has 0 unspecified atom stereocenters. The first-order valence-corrected chi connectivity index (χ1v) is 15.8. The summed E-state index contributed by atoms with van der Waals surface area (Å²) in [5.41, 5.74) is 7.15. The molecule has 2 fully saturated rings. The van der Waals surface area contributed by atoms with Gasteiger partial charge in [-0.05, 0) is 116 Å². The fraction of sp³-hybridized carbons (Fsp3) is 0.278. The summed E-state index contributed by atoms with van der Waals surface area (Å²) in [6, 6.07) is 30.9. The maximum Gasteiger partial charge on any atom is 0.335 e. The van der Waals surface area contributed by atoms with Gasteiger partial charge in [0.1, 0.15) is 5.82 Å². The van der Waals surface area contributed by atoms with E-state index >= 15 is 0 Å². The van der Waals surface area contributed by atoms with E-state index in [-0.39, 0.29) is 5.92 Å². The minimum Gasteiger partial charge on any atom is -0.478 e. The number of carboxylic acid groups (broad SMARTS) is 1. The van der Waals surface area contributed by atoms with Crippen molar-refractivity contribution in [2.24, 2.45) is 0 Å². The Labute approximate surface area is 261 Å². The quantitative estimate of drug-likeness (QED) is 0.172. The highest BCUT2D eigenvalue weighted by molar-refractivity contribution is 6.30. The summed E-state index contributed by atoms with van der Waals surface area (Å²) in [7, 11) is 0. The number of carbonyl (C=O) groups is 1. The lowest BCUT2D eigenvalue weighted by Crippen LogP contribution is -2.28. The molecule has 0 saturated heterocycles. The van der Waals surface area contributed by atoms with Gasteiger partial charge in [0.15, 0.2) is 0 Å². The molecule has 1 heterocycles. The number of fused-ring (bicyclic) bond motifs is 1. The van der Waals surface area contributed by atoms with Crippen molar-refractivity contribution in [1.82, 2.24) is 9.55 Å². The molecule has 7 heteroatoms. The Morgan fingerprint density at radius 1 is 0.767 bits per heavy atom. The number of rotatable bonds is 8. The molecule has 0 atom stereocenters. The number of hydrogen-bond acceptors (Lipinski definition) is 3. The third kappa shape index (κ3) is 5.89. The van der Waals surface area contributed by atoms with Crippen LogP contribution in [0.3, 0.4) is 0 Å². The number of aromatic carboxylic acids is 1. The monoisotopic (exact) mass is 609 g/mol. The molecule has 5 aromatic rings. The maximum absolute atomic E-state index is 11.2. The predicted molar refractivity (Wildman–Crippen MR) is 174 cm³/mol. The van der Waals surface area contributed by atoms with Crippen LogP contribution in [-0.2, 0) is 0 Å². The molecule has 218 valence electrons. The molecule has 1 aromatic heterocycles. The summed E-state index contributed by atoms with van der Waals surface area (Å²) in [5, 5.41) is 14.3. The van der Waals surface area contributed by atoms with Gasteiger partial charge in [0.05, 0.1) is 16.6 Å². The Morgan fingerprint density at radius 2 is 1.35 bits per heavy atom. The smallest absolute Gasteiger partial charge is 0.335 e. The van der Waals surface area contributed by atoms with Crippen LogP contribution in [0, 0.1) is 0 Å². The van der Waals surface area contributed by atoms with E-state index in [2.05, 4.69) is 52.3 Å². The van der Waals surface area contributed by atoms with Gasteiger partial charge < -0.3 is 15.0 Å². The van der Waals surface area contributed by atoms with Crippen LogP contribution in [-0.4, -0.2) is 26.7 Å². The number of nitrogens with zero attached hydrogens (tertiary/aromatic N) is 2. The molecule has 0 amide bonds. The van der Waals surface area contributed by atoms with Gasteiger partial charge in [0.2, 0.25) is 0 Å². The zero-order valence-corrected chi connectivity index (χ0v) is 25.2. The van der Waals surface area contributed by atoms with E-state index in [0.717, 1.165) is 46.9 Å². The minimum atomic E-state index is -0.901. The zero-order chi connectivity index (χ0) is 29.5. The molecule has 2 saturated carbocycles. The molecule has 2 N–H and O–H groups in total. The van der Waals surface area contributed by atoms with Crippen molar-refractivity contribution in [3.8, 4) is 0 Å². The molecule has 0 spiro atoms. The molecule has 2 aliphatic rings. The van der Waals surface area contributed by atoms with Crippen molar-refractivity contribution >= 4 is 45.9 Å². The van der Waals surface area contributed by atoms with Crippen LogP contribution >= 0.6 is 23.2 Å². The maximum atomic E-state index is 11.2. The molecular weight excluding hydrogens is 577 g/mol. The van der Waals surface area contributed by atoms with E-state index in [1.54, 1.807) is 12.1 Å². The summed E-state index contributed by atoms with van der Waals surface area (Å²) < 4.78 is 2.56. The average molecular weight is 611 g/mol. The first-order chi connectivity index (χ1) is 20.9. The SMILES string of the molecule is O=C(O)c1ccc(N[C@H]2CC[C@@H](n3c(C4CC4)nc4ccc(C(c5ccc(Cl)cc5)c5ccc(Cl)cc5)cc43)CC2)cc1. The fourth-order valence-corrected chi connectivity index (χ4v) is 6.88. The largest absolute Gasteiger partial charge is 0.478 e. The van der Waals surface area contributed by atoms with E-state index in [1.165, 1.54) is 40.9 Å². The van der Waals surface area contributed by atoms with E-state index in [9.17, 15) is 9.90 Å². The summed E-state index contributed by atoms with van der Waals surface area (Å²) in [6.07, 6.45) is 6.64. The van der Waals surface area contributed by atoms with Crippen molar-refractivity contribution in [3.05, 3.63) is 129 Å². The van der Waals surface area contributed by atoms with E-state index in [1.807, 2.05) is 36.4 Å². The summed E-state index contributed by atoms with van der Waals surface area (Å²) in [4.78, 5) is 16.4. The van der Waals surface area contributed by atoms with Gasteiger partial charge in [-0.1, -0.05) is 53.5 Å². The molecule has 0 aliphatic heterocycles. The second-order valence-electron chi connectivity index (χ2n) is 11.9. The van der Waals surface area contributed by atoms with Gasteiger partial charge in [0, 0.05) is 39.7 Å². The Kier molecular flexibility index (Phi) is 7.62. The van der Waals surface area contributed by atoms with Gasteiger partial charge in [-0.25, -0.2) is 9.78 Å². The molecule has 43 heavy (non-hydrogen) atoms. The van der Waals surface area contributed by atoms with E-state index < -0.39 is 5.97 Å². The van der Waals surface area contributed by atoms with Crippen LogP contribution in [0.2, 0.25) is 10.0 Å². The lowest BCUT2D eigenvalue weighted by molar-refractivity contribution is 0.0697. The van der Waals surface area contributed by atoms with Crippen molar-refractivity contribution in [1.29, 1.82) is 0 Å². The van der Waals surface area contributed by atoms with Crippen LogP contribution in [0.1, 0.15) is 89.3 Å². The van der Waals surface area contributed by atoms with Crippen LogP contribution in [0.4, 0.5) is 5.69 Å². The zero-order valence-electron chi connectivity index (χ0n) is 23.7. The Morgan fingerprint density at radius 3 is 1.91 bits per heavy atom. The van der Waals surface area contributed by atoms with Crippen molar-refractivity contribution in [2.75, 3.05) is 5.32 Å². The topological polar surface area (TPSA) is 67.2 Å². The van der Waals surface area contributed by atoms with Crippen LogP contribution in [0.15, 0.2) is 91.0 Å². The number of anilines is 1. The number of aromatic nitrogens is 2. The van der Waals surface area contributed by atoms with Crippen molar-refractivity contribution in [3.63, 3.8) is 0 Å². The fourth-order valence-electron chi connectivity index (χ4n) is 6.63. The van der Waals surface area contributed by atoms with Gasteiger partial charge in [-0.2, -0.15) is 0 Å². The minimum absolute atomic E-state index is 0.0408. The number of hydrogen-bond donors (Lipinski definition) is 2. The summed E-state index contributed by atoms with van der Waals surface area (Å²) >= 11 is 12.5. The average Bonchev–Trinajstić information content (AvgIpc) is 3.80. The third-order valence-electron chi connectivity index (χ3n) is 8.99. The van der Waals surface area contributed by atoms with Gasteiger partial charge in [-0.15, -0.1) is 0 Å². The molecule has 2 aliphatic carbocycles. The van der Waals surface area contributed by atoms with Crippen LogP contribution in [0.25, 0.3) is 11.0 Å². The van der Waals surface area contributed by atoms with Crippen LogP contribution < -0.4 is 5.32 Å². The highest BCUT2D eigenvalue weighted by Gasteiger charge is 2.34. The first-order valence-electron chi connectivity index (χ1n) is 15.1. The van der Waals surface area contributed by atoms with E-state index in [4.69, 9.17) is 28.2 Å². The van der Waals surface area contributed by atoms with E-state index in [0.29, 0.717) is 23.6 Å².